The van der Waals surface area contributed by atoms with E-state index in [-0.39, 0.29) is 5.91 Å². The number of hydrogen-bond donors (Lipinski definition) is 0. The van der Waals surface area contributed by atoms with Gasteiger partial charge < -0.3 is 18.8 Å². The summed E-state index contributed by atoms with van der Waals surface area (Å²) in [5, 5.41) is 0. The van der Waals surface area contributed by atoms with Crippen LogP contribution in [0.25, 0.3) is 11.3 Å². The minimum Gasteiger partial charge on any atom is -0.441 e. The van der Waals surface area contributed by atoms with Crippen LogP contribution in [0, 0.1) is 0 Å². The van der Waals surface area contributed by atoms with Crippen LogP contribution in [0.3, 0.4) is 0 Å². The predicted molar refractivity (Wildman–Crippen MR) is 90.7 cm³/mol. The van der Waals surface area contributed by atoms with Crippen molar-refractivity contribution < 1.29 is 18.7 Å². The predicted octanol–water partition coefficient (Wildman–Crippen LogP) is 2.64. The number of benzene rings is 1. The van der Waals surface area contributed by atoms with Crippen molar-refractivity contribution >= 4 is 5.91 Å². The number of aryl methyl sites for hydroxylation is 1. The van der Waals surface area contributed by atoms with Crippen molar-refractivity contribution in [2.24, 2.45) is 0 Å². The Bertz CT molecular complexity index is 712. The van der Waals surface area contributed by atoms with Crippen LogP contribution in [0.1, 0.15) is 25.2 Å². The molecule has 1 aromatic heterocycles. The van der Waals surface area contributed by atoms with Gasteiger partial charge in [-0.1, -0.05) is 30.3 Å². The van der Waals surface area contributed by atoms with Gasteiger partial charge in [0.1, 0.15) is 0 Å². The first-order chi connectivity index (χ1) is 12.2. The summed E-state index contributed by atoms with van der Waals surface area (Å²) in [5.74, 6) is 1.03. The molecule has 0 atom stereocenters. The van der Waals surface area contributed by atoms with Crippen LogP contribution >= 0.6 is 0 Å². The highest BCUT2D eigenvalue weighted by Crippen LogP contribution is 2.31. The summed E-state index contributed by atoms with van der Waals surface area (Å²) in [6.45, 7) is 2.67. The number of ether oxygens (including phenoxy) is 2. The van der Waals surface area contributed by atoms with Crippen LogP contribution in [-0.4, -0.2) is 47.9 Å². The molecule has 1 amide bonds. The van der Waals surface area contributed by atoms with Crippen molar-refractivity contribution in [1.29, 1.82) is 0 Å². The normalized spacial score (nSPS) is 19.4. The van der Waals surface area contributed by atoms with Crippen molar-refractivity contribution in [1.82, 2.24) is 9.88 Å². The molecule has 0 saturated carbocycles. The summed E-state index contributed by atoms with van der Waals surface area (Å²) in [4.78, 5) is 18.6. The lowest BCUT2D eigenvalue weighted by Gasteiger charge is -2.37. The Hall–Kier alpha value is -2.18. The van der Waals surface area contributed by atoms with Crippen LogP contribution in [0.2, 0.25) is 0 Å². The van der Waals surface area contributed by atoms with E-state index in [1.54, 1.807) is 6.20 Å². The lowest BCUT2D eigenvalue weighted by Crippen LogP contribution is -2.47. The molecule has 0 bridgehead atoms. The molecule has 1 aromatic carbocycles. The third-order valence-electron chi connectivity index (χ3n) is 4.86. The van der Waals surface area contributed by atoms with E-state index in [0.29, 0.717) is 45.0 Å². The maximum absolute atomic E-state index is 12.4. The average molecular weight is 342 g/mol. The standard InChI is InChI=1S/C19H22N2O4/c22-18(21-10-8-19(9-11-21)23-12-13-24-19)7-6-17-20-14-16(25-17)15-4-2-1-3-5-15/h1-5,14H,6-13H2. The SMILES string of the molecule is O=C(CCc1ncc(-c2ccccc2)o1)N1CCC2(CC1)OCCO2. The maximum atomic E-state index is 12.4. The molecule has 1 spiro atoms. The van der Waals surface area contributed by atoms with E-state index in [2.05, 4.69) is 4.98 Å². The van der Waals surface area contributed by atoms with E-state index in [1.807, 2.05) is 35.2 Å². The summed E-state index contributed by atoms with van der Waals surface area (Å²) in [7, 11) is 0. The number of piperidine rings is 1. The summed E-state index contributed by atoms with van der Waals surface area (Å²) in [6, 6.07) is 9.84. The number of hydrogen-bond acceptors (Lipinski definition) is 5. The second kappa shape index (κ2) is 6.98. The monoisotopic (exact) mass is 342 g/mol. The van der Waals surface area contributed by atoms with Crippen molar-refractivity contribution in [3.05, 3.63) is 42.4 Å². The van der Waals surface area contributed by atoms with Gasteiger partial charge in [-0.25, -0.2) is 4.98 Å². The molecule has 0 radical (unpaired) electrons. The summed E-state index contributed by atoms with van der Waals surface area (Å²) >= 11 is 0. The van der Waals surface area contributed by atoms with Gasteiger partial charge in [-0.05, 0) is 0 Å². The Morgan fingerprint density at radius 2 is 1.84 bits per heavy atom. The first kappa shape index (κ1) is 16.3. The molecule has 2 aromatic rings. The number of amides is 1. The van der Waals surface area contributed by atoms with Gasteiger partial charge in [0.15, 0.2) is 17.4 Å². The molecule has 2 saturated heterocycles. The molecule has 0 N–H and O–H groups in total. The molecule has 2 aliphatic heterocycles. The quantitative estimate of drug-likeness (QED) is 0.855. The fourth-order valence-corrected chi connectivity index (χ4v) is 3.42. The second-order valence-corrected chi connectivity index (χ2v) is 6.47. The Morgan fingerprint density at radius 1 is 1.12 bits per heavy atom. The largest absolute Gasteiger partial charge is 0.441 e. The number of carbonyl (C=O) groups is 1. The average Bonchev–Trinajstić information content (AvgIpc) is 3.31. The number of likely N-dealkylation sites (tertiary alicyclic amines) is 1. The molecule has 2 fully saturated rings. The topological polar surface area (TPSA) is 64.8 Å². The van der Waals surface area contributed by atoms with Gasteiger partial charge in [0, 0.05) is 44.3 Å². The summed E-state index contributed by atoms with van der Waals surface area (Å²) in [6.07, 6.45) is 4.13. The lowest BCUT2D eigenvalue weighted by atomic mass is 10.0. The Labute approximate surface area is 146 Å². The fourth-order valence-electron chi connectivity index (χ4n) is 3.42. The van der Waals surface area contributed by atoms with Gasteiger partial charge in [0.05, 0.1) is 19.4 Å². The van der Waals surface area contributed by atoms with Crippen molar-refractivity contribution in [3.63, 3.8) is 0 Å². The van der Waals surface area contributed by atoms with Crippen molar-refractivity contribution in [2.75, 3.05) is 26.3 Å². The lowest BCUT2D eigenvalue weighted by molar-refractivity contribution is -0.187. The number of oxazole rings is 1. The second-order valence-electron chi connectivity index (χ2n) is 6.47. The Kier molecular flexibility index (Phi) is 4.55. The van der Waals surface area contributed by atoms with Crippen LogP contribution in [0.5, 0.6) is 0 Å². The van der Waals surface area contributed by atoms with Gasteiger partial charge in [0.25, 0.3) is 0 Å². The molecule has 0 unspecified atom stereocenters. The molecule has 6 nitrogen and oxygen atoms in total. The summed E-state index contributed by atoms with van der Waals surface area (Å²) < 4.78 is 17.2. The molecule has 25 heavy (non-hydrogen) atoms. The van der Waals surface area contributed by atoms with Gasteiger partial charge in [-0.2, -0.15) is 0 Å². The highest BCUT2D eigenvalue weighted by Gasteiger charge is 2.40. The molecule has 3 heterocycles. The zero-order chi connectivity index (χ0) is 17.1. The fraction of sp³-hybridized carbons (Fsp3) is 0.474. The molecule has 6 heteroatoms. The van der Waals surface area contributed by atoms with Crippen molar-refractivity contribution in [3.8, 4) is 11.3 Å². The highest BCUT2D eigenvalue weighted by molar-refractivity contribution is 5.76. The Morgan fingerprint density at radius 3 is 2.56 bits per heavy atom. The Balaban J connectivity index is 1.29. The number of rotatable bonds is 4. The van der Waals surface area contributed by atoms with Gasteiger partial charge >= 0.3 is 0 Å². The van der Waals surface area contributed by atoms with Crippen LogP contribution in [0.4, 0.5) is 0 Å². The van der Waals surface area contributed by atoms with Gasteiger partial charge in [0.2, 0.25) is 5.91 Å². The smallest absolute Gasteiger partial charge is 0.223 e. The zero-order valence-electron chi connectivity index (χ0n) is 14.1. The zero-order valence-corrected chi connectivity index (χ0v) is 14.1. The maximum Gasteiger partial charge on any atom is 0.223 e. The summed E-state index contributed by atoms with van der Waals surface area (Å²) in [5.41, 5.74) is 0.991. The number of carbonyl (C=O) groups excluding carboxylic acids is 1. The van der Waals surface area contributed by atoms with E-state index in [9.17, 15) is 4.79 Å². The molecule has 0 aliphatic carbocycles. The van der Waals surface area contributed by atoms with Gasteiger partial charge in [-0.3, -0.25) is 4.79 Å². The minimum atomic E-state index is -0.441. The molecular formula is C19H22N2O4. The number of aromatic nitrogens is 1. The van der Waals surface area contributed by atoms with Crippen molar-refractivity contribution in [2.45, 2.75) is 31.5 Å². The third kappa shape index (κ3) is 3.60. The number of nitrogens with zero attached hydrogens (tertiary/aromatic N) is 2. The molecule has 132 valence electrons. The highest BCUT2D eigenvalue weighted by atomic mass is 16.7. The molecule has 4 rings (SSSR count). The molecular weight excluding hydrogens is 320 g/mol. The van der Waals surface area contributed by atoms with Crippen LogP contribution in [0.15, 0.2) is 40.9 Å². The third-order valence-corrected chi connectivity index (χ3v) is 4.86. The van der Waals surface area contributed by atoms with Crippen LogP contribution < -0.4 is 0 Å². The van der Waals surface area contributed by atoms with Gasteiger partial charge in [-0.15, -0.1) is 0 Å². The molecule has 2 aliphatic rings. The first-order valence-corrected chi connectivity index (χ1v) is 8.80. The first-order valence-electron chi connectivity index (χ1n) is 8.80. The van der Waals surface area contributed by atoms with E-state index in [4.69, 9.17) is 13.9 Å². The van der Waals surface area contributed by atoms with E-state index < -0.39 is 5.79 Å². The van der Waals surface area contributed by atoms with E-state index >= 15 is 0 Å². The van der Waals surface area contributed by atoms with E-state index in [0.717, 1.165) is 24.2 Å². The van der Waals surface area contributed by atoms with E-state index in [1.165, 1.54) is 0 Å². The minimum absolute atomic E-state index is 0.132. The van der Waals surface area contributed by atoms with Crippen LogP contribution in [-0.2, 0) is 20.7 Å².